The van der Waals surface area contributed by atoms with Crippen LogP contribution >= 0.6 is 27.3 Å². The Hall–Kier alpha value is -0.390. The molecular weight excluding hydrogens is 266 g/mol. The summed E-state index contributed by atoms with van der Waals surface area (Å²) < 4.78 is 0.799. The lowest BCUT2D eigenvalue weighted by atomic mass is 10.2. The van der Waals surface area contributed by atoms with E-state index in [4.69, 9.17) is 5.11 Å². The van der Waals surface area contributed by atoms with Gasteiger partial charge >= 0.3 is 0 Å². The first-order valence-corrected chi connectivity index (χ1v) is 6.01. The van der Waals surface area contributed by atoms with Crippen LogP contribution in [0.1, 0.15) is 23.0 Å². The maximum atomic E-state index is 11.6. The lowest BCUT2D eigenvalue weighted by Gasteiger charge is -2.13. The Bertz CT molecular complexity index is 310. The number of hydrogen-bond donors (Lipinski definition) is 2. The predicted octanol–water partition coefficient (Wildman–Crippen LogP) is 2.01. The van der Waals surface area contributed by atoms with E-state index in [0.717, 1.165) is 10.9 Å². The van der Waals surface area contributed by atoms with Crippen molar-refractivity contribution in [2.24, 2.45) is 0 Å². The van der Waals surface area contributed by atoms with E-state index in [0.29, 0.717) is 4.88 Å². The highest BCUT2D eigenvalue weighted by Crippen LogP contribution is 2.22. The summed E-state index contributed by atoms with van der Waals surface area (Å²) in [4.78, 5) is 12.3. The molecule has 1 atom stereocenters. The van der Waals surface area contributed by atoms with Gasteiger partial charge in [0, 0.05) is 4.47 Å². The van der Waals surface area contributed by atoms with Crippen LogP contribution in [0.25, 0.3) is 0 Å². The number of aliphatic hydroxyl groups is 1. The summed E-state index contributed by atoms with van der Waals surface area (Å²) in [5.41, 5.74) is 0. The molecule has 78 valence electrons. The number of hydrogen-bond acceptors (Lipinski definition) is 3. The van der Waals surface area contributed by atoms with Gasteiger partial charge in [0.2, 0.25) is 0 Å². The minimum absolute atomic E-state index is 0.0226. The number of halogens is 1. The third-order valence-corrected chi connectivity index (χ3v) is 3.71. The molecule has 0 aliphatic rings. The summed E-state index contributed by atoms with van der Waals surface area (Å²) in [7, 11) is 0. The summed E-state index contributed by atoms with van der Waals surface area (Å²) in [5.74, 6) is -0.132. The van der Waals surface area contributed by atoms with Gasteiger partial charge in [-0.15, -0.1) is 11.3 Å². The second-order valence-electron chi connectivity index (χ2n) is 2.86. The molecule has 1 aromatic rings. The molecule has 0 saturated heterocycles. The molecular formula is C9H12BrNO2S. The first-order chi connectivity index (χ1) is 6.69. The third-order valence-electron chi connectivity index (χ3n) is 1.87. The Balaban J connectivity index is 2.63. The minimum Gasteiger partial charge on any atom is -0.394 e. The van der Waals surface area contributed by atoms with Gasteiger partial charge in [0.15, 0.2) is 0 Å². The van der Waals surface area contributed by atoms with Crippen molar-refractivity contribution >= 4 is 33.2 Å². The molecule has 14 heavy (non-hydrogen) atoms. The predicted molar refractivity (Wildman–Crippen MR) is 60.7 cm³/mol. The van der Waals surface area contributed by atoms with E-state index >= 15 is 0 Å². The summed E-state index contributed by atoms with van der Waals surface area (Å²) in [5, 5.41) is 13.5. The molecule has 5 heteroatoms. The zero-order valence-corrected chi connectivity index (χ0v) is 10.2. The van der Waals surface area contributed by atoms with Gasteiger partial charge in [-0.3, -0.25) is 4.79 Å². The molecule has 0 spiro atoms. The highest BCUT2D eigenvalue weighted by Gasteiger charge is 2.14. The van der Waals surface area contributed by atoms with Crippen LogP contribution in [0.2, 0.25) is 0 Å². The number of carbonyl (C=O) groups is 1. The number of nitrogens with one attached hydrogen (secondary N) is 1. The molecule has 0 aliphatic heterocycles. The topological polar surface area (TPSA) is 49.3 Å². The molecule has 0 aromatic carbocycles. The normalized spacial score (nSPS) is 12.5. The van der Waals surface area contributed by atoms with Gasteiger partial charge in [-0.1, -0.05) is 6.92 Å². The number of carbonyl (C=O) groups excluding carboxylic acids is 1. The molecule has 0 bridgehead atoms. The van der Waals surface area contributed by atoms with Crippen molar-refractivity contribution < 1.29 is 9.90 Å². The number of rotatable bonds is 4. The van der Waals surface area contributed by atoms with Gasteiger partial charge in [-0.2, -0.15) is 0 Å². The van der Waals surface area contributed by atoms with Gasteiger partial charge in [0.25, 0.3) is 5.91 Å². The zero-order chi connectivity index (χ0) is 10.6. The second kappa shape index (κ2) is 5.48. The van der Waals surface area contributed by atoms with Gasteiger partial charge in [0.1, 0.15) is 4.88 Å². The molecule has 0 aliphatic carbocycles. The van der Waals surface area contributed by atoms with Gasteiger partial charge < -0.3 is 10.4 Å². The summed E-state index contributed by atoms with van der Waals surface area (Å²) in [6, 6.07) is 1.68. The van der Waals surface area contributed by atoms with Gasteiger partial charge in [0.05, 0.1) is 12.6 Å². The molecule has 2 N–H and O–H groups in total. The average molecular weight is 278 g/mol. The Kier molecular flexibility index (Phi) is 4.57. The van der Waals surface area contributed by atoms with Crippen molar-refractivity contribution in [1.29, 1.82) is 0 Å². The van der Waals surface area contributed by atoms with Crippen LogP contribution < -0.4 is 5.32 Å². The number of thiophene rings is 1. The van der Waals surface area contributed by atoms with E-state index < -0.39 is 0 Å². The quantitative estimate of drug-likeness (QED) is 0.885. The molecule has 1 unspecified atom stereocenters. The largest absolute Gasteiger partial charge is 0.394 e. The minimum atomic E-state index is -0.156. The summed E-state index contributed by atoms with van der Waals surface area (Å²) >= 11 is 4.67. The SMILES string of the molecule is CCC(CO)NC(=O)c1sccc1Br. The molecule has 3 nitrogen and oxygen atoms in total. The van der Waals surface area contributed by atoms with Crippen LogP contribution in [0.4, 0.5) is 0 Å². The van der Waals surface area contributed by atoms with Crippen LogP contribution in [0.15, 0.2) is 15.9 Å². The van der Waals surface area contributed by atoms with E-state index in [1.165, 1.54) is 11.3 Å². The van der Waals surface area contributed by atoms with E-state index in [1.54, 1.807) is 0 Å². The van der Waals surface area contributed by atoms with Crippen LogP contribution in [0.3, 0.4) is 0 Å². The average Bonchev–Trinajstić information content (AvgIpc) is 2.60. The summed E-state index contributed by atoms with van der Waals surface area (Å²) in [6.45, 7) is 1.90. The highest BCUT2D eigenvalue weighted by atomic mass is 79.9. The van der Waals surface area contributed by atoms with E-state index in [-0.39, 0.29) is 18.6 Å². The standard InChI is InChI=1S/C9H12BrNO2S/c1-2-6(5-12)11-9(13)8-7(10)3-4-14-8/h3-4,6,12H,2,5H2,1H3,(H,11,13). The fourth-order valence-electron chi connectivity index (χ4n) is 0.984. The molecule has 1 rings (SSSR count). The number of amides is 1. The molecule has 1 amide bonds. The Morgan fingerprint density at radius 2 is 2.50 bits per heavy atom. The Morgan fingerprint density at radius 3 is 2.93 bits per heavy atom. The smallest absolute Gasteiger partial charge is 0.262 e. The van der Waals surface area contributed by atoms with Crippen molar-refractivity contribution in [3.05, 3.63) is 20.8 Å². The van der Waals surface area contributed by atoms with E-state index in [9.17, 15) is 4.79 Å². The van der Waals surface area contributed by atoms with Crippen LogP contribution in [-0.2, 0) is 0 Å². The highest BCUT2D eigenvalue weighted by molar-refractivity contribution is 9.10. The first-order valence-electron chi connectivity index (χ1n) is 4.33. The fourth-order valence-corrected chi connectivity index (χ4v) is 2.44. The van der Waals surface area contributed by atoms with Crippen molar-refractivity contribution in [2.45, 2.75) is 19.4 Å². The lowest BCUT2D eigenvalue weighted by molar-refractivity contribution is 0.0918. The molecule has 0 radical (unpaired) electrons. The van der Waals surface area contributed by atoms with E-state index in [2.05, 4.69) is 21.2 Å². The van der Waals surface area contributed by atoms with Crippen LogP contribution in [0.5, 0.6) is 0 Å². The third kappa shape index (κ3) is 2.80. The molecule has 0 fully saturated rings. The lowest BCUT2D eigenvalue weighted by Crippen LogP contribution is -2.36. The Labute approximate surface area is 95.3 Å². The monoisotopic (exact) mass is 277 g/mol. The van der Waals surface area contributed by atoms with Crippen LogP contribution in [-0.4, -0.2) is 23.7 Å². The zero-order valence-electron chi connectivity index (χ0n) is 7.79. The van der Waals surface area contributed by atoms with Crippen molar-refractivity contribution in [3.8, 4) is 0 Å². The van der Waals surface area contributed by atoms with E-state index in [1.807, 2.05) is 18.4 Å². The van der Waals surface area contributed by atoms with Crippen molar-refractivity contribution in [2.75, 3.05) is 6.61 Å². The maximum Gasteiger partial charge on any atom is 0.262 e. The Morgan fingerprint density at radius 1 is 1.79 bits per heavy atom. The molecule has 1 aromatic heterocycles. The van der Waals surface area contributed by atoms with Crippen LogP contribution in [0, 0.1) is 0 Å². The molecule has 1 heterocycles. The second-order valence-corrected chi connectivity index (χ2v) is 4.63. The maximum absolute atomic E-state index is 11.6. The van der Waals surface area contributed by atoms with Crippen molar-refractivity contribution in [3.63, 3.8) is 0 Å². The fraction of sp³-hybridized carbons (Fsp3) is 0.444. The van der Waals surface area contributed by atoms with Gasteiger partial charge in [-0.05, 0) is 33.8 Å². The van der Waals surface area contributed by atoms with Gasteiger partial charge in [-0.25, -0.2) is 0 Å². The first kappa shape index (κ1) is 11.7. The molecule has 0 saturated carbocycles. The van der Waals surface area contributed by atoms with Crippen molar-refractivity contribution in [1.82, 2.24) is 5.32 Å². The number of aliphatic hydroxyl groups excluding tert-OH is 1. The summed E-state index contributed by atoms with van der Waals surface area (Å²) in [6.07, 6.45) is 0.727.